The van der Waals surface area contributed by atoms with Crippen LogP contribution in [0.5, 0.6) is 0 Å². The van der Waals surface area contributed by atoms with E-state index in [-0.39, 0.29) is 0 Å². The maximum Gasteiger partial charge on any atom is 0.181 e. The van der Waals surface area contributed by atoms with Gasteiger partial charge in [0, 0.05) is 0 Å². The Bertz CT molecular complexity index is 445. The molecule has 0 bridgehead atoms. The van der Waals surface area contributed by atoms with E-state index in [4.69, 9.17) is 4.42 Å². The topological polar surface area (TPSA) is 46.3 Å². The zero-order chi connectivity index (χ0) is 10.8. The lowest BCUT2D eigenvalue weighted by molar-refractivity contribution is 0.188. The van der Waals surface area contributed by atoms with Crippen molar-refractivity contribution in [2.24, 2.45) is 0 Å². The molecule has 0 radical (unpaired) electrons. The lowest BCUT2D eigenvalue weighted by Crippen LogP contribution is -1.99. The maximum atomic E-state index is 10.0. The summed E-state index contributed by atoms with van der Waals surface area (Å²) in [6.07, 6.45) is 0.621. The van der Waals surface area contributed by atoms with Crippen LogP contribution in [0.4, 0.5) is 0 Å². The van der Waals surface area contributed by atoms with Gasteiger partial charge < -0.3 is 9.52 Å². The highest BCUT2D eigenvalue weighted by atomic mass is 16.4. The SMILES string of the molecule is Cc1ccc(C(O)c2ocnc2C)cc1. The number of aryl methyl sites for hydroxylation is 2. The fourth-order valence-electron chi connectivity index (χ4n) is 1.47. The molecule has 0 aliphatic carbocycles. The first-order valence-corrected chi connectivity index (χ1v) is 4.83. The zero-order valence-corrected chi connectivity index (χ0v) is 8.77. The van der Waals surface area contributed by atoms with E-state index < -0.39 is 6.10 Å². The summed E-state index contributed by atoms with van der Waals surface area (Å²) in [6, 6.07) is 7.71. The molecule has 15 heavy (non-hydrogen) atoms. The van der Waals surface area contributed by atoms with Gasteiger partial charge in [-0.05, 0) is 19.4 Å². The molecule has 2 rings (SSSR count). The predicted molar refractivity (Wildman–Crippen MR) is 56.5 cm³/mol. The summed E-state index contributed by atoms with van der Waals surface area (Å²) in [5.74, 6) is 0.513. The standard InChI is InChI=1S/C12H13NO2/c1-8-3-5-10(6-4-8)11(14)12-9(2)13-7-15-12/h3-7,11,14H,1-2H3. The summed E-state index contributed by atoms with van der Waals surface area (Å²) < 4.78 is 5.15. The van der Waals surface area contributed by atoms with Crippen LogP contribution in [0.15, 0.2) is 35.1 Å². The summed E-state index contributed by atoms with van der Waals surface area (Å²) in [6.45, 7) is 3.83. The Morgan fingerprint density at radius 3 is 2.40 bits per heavy atom. The van der Waals surface area contributed by atoms with Crippen LogP contribution in [0.1, 0.15) is 28.7 Å². The van der Waals surface area contributed by atoms with Crippen LogP contribution < -0.4 is 0 Å². The van der Waals surface area contributed by atoms with Crippen LogP contribution in [0.2, 0.25) is 0 Å². The highest BCUT2D eigenvalue weighted by molar-refractivity contribution is 5.28. The van der Waals surface area contributed by atoms with Gasteiger partial charge in [0.1, 0.15) is 6.10 Å². The summed E-state index contributed by atoms with van der Waals surface area (Å²) in [5, 5.41) is 10.0. The Balaban J connectivity index is 2.32. The average molecular weight is 203 g/mol. The van der Waals surface area contributed by atoms with E-state index in [0.29, 0.717) is 5.76 Å². The second-order valence-corrected chi connectivity index (χ2v) is 3.62. The van der Waals surface area contributed by atoms with Crippen molar-refractivity contribution in [2.75, 3.05) is 0 Å². The smallest absolute Gasteiger partial charge is 0.181 e. The van der Waals surface area contributed by atoms with Gasteiger partial charge in [-0.25, -0.2) is 4.98 Å². The number of aromatic nitrogens is 1. The van der Waals surface area contributed by atoms with Gasteiger partial charge in [-0.15, -0.1) is 0 Å². The van der Waals surface area contributed by atoms with E-state index in [9.17, 15) is 5.11 Å². The second kappa shape index (κ2) is 3.87. The van der Waals surface area contributed by atoms with Crippen LogP contribution in [-0.2, 0) is 0 Å². The Morgan fingerprint density at radius 2 is 1.87 bits per heavy atom. The molecular weight excluding hydrogens is 190 g/mol. The van der Waals surface area contributed by atoms with E-state index in [1.807, 2.05) is 38.1 Å². The van der Waals surface area contributed by atoms with Crippen molar-refractivity contribution in [3.8, 4) is 0 Å². The number of hydrogen-bond donors (Lipinski definition) is 1. The van der Waals surface area contributed by atoms with E-state index in [0.717, 1.165) is 11.3 Å². The summed E-state index contributed by atoms with van der Waals surface area (Å²) in [5.41, 5.74) is 2.71. The van der Waals surface area contributed by atoms with Crippen molar-refractivity contribution in [2.45, 2.75) is 20.0 Å². The Morgan fingerprint density at radius 1 is 1.20 bits per heavy atom. The van der Waals surface area contributed by atoms with Gasteiger partial charge in [0.05, 0.1) is 5.69 Å². The van der Waals surface area contributed by atoms with Crippen molar-refractivity contribution in [1.82, 2.24) is 4.98 Å². The van der Waals surface area contributed by atoms with E-state index >= 15 is 0 Å². The van der Waals surface area contributed by atoms with Crippen LogP contribution in [0.25, 0.3) is 0 Å². The number of oxazole rings is 1. The first kappa shape index (κ1) is 9.93. The van der Waals surface area contributed by atoms with E-state index in [1.165, 1.54) is 12.0 Å². The molecule has 0 fully saturated rings. The summed E-state index contributed by atoms with van der Waals surface area (Å²) in [7, 11) is 0. The zero-order valence-electron chi connectivity index (χ0n) is 8.77. The number of benzene rings is 1. The molecule has 0 aliphatic rings. The molecule has 0 aliphatic heterocycles. The second-order valence-electron chi connectivity index (χ2n) is 3.62. The third kappa shape index (κ3) is 1.92. The van der Waals surface area contributed by atoms with Gasteiger partial charge in [0.15, 0.2) is 12.2 Å². The highest BCUT2D eigenvalue weighted by Crippen LogP contribution is 2.24. The van der Waals surface area contributed by atoms with Gasteiger partial charge in [-0.2, -0.15) is 0 Å². The number of nitrogens with zero attached hydrogens (tertiary/aromatic N) is 1. The van der Waals surface area contributed by atoms with Crippen molar-refractivity contribution in [1.29, 1.82) is 0 Å². The molecule has 1 aromatic heterocycles. The Hall–Kier alpha value is -1.61. The first-order chi connectivity index (χ1) is 7.18. The first-order valence-electron chi connectivity index (χ1n) is 4.83. The van der Waals surface area contributed by atoms with E-state index in [1.54, 1.807) is 0 Å². The molecule has 1 N–H and O–H groups in total. The van der Waals surface area contributed by atoms with Gasteiger partial charge in [0.2, 0.25) is 0 Å². The number of aliphatic hydroxyl groups excluding tert-OH is 1. The lowest BCUT2D eigenvalue weighted by atomic mass is 10.0. The van der Waals surface area contributed by atoms with Crippen molar-refractivity contribution < 1.29 is 9.52 Å². The number of hydrogen-bond acceptors (Lipinski definition) is 3. The third-order valence-corrected chi connectivity index (χ3v) is 2.42. The minimum absolute atomic E-state index is 0.513. The molecule has 1 unspecified atom stereocenters. The maximum absolute atomic E-state index is 10.0. The van der Waals surface area contributed by atoms with Crippen molar-refractivity contribution >= 4 is 0 Å². The molecule has 0 amide bonds. The predicted octanol–water partition coefficient (Wildman–Crippen LogP) is 2.37. The Labute approximate surface area is 88.4 Å². The van der Waals surface area contributed by atoms with E-state index in [2.05, 4.69) is 4.98 Å². The molecule has 1 heterocycles. The molecule has 0 spiro atoms. The number of rotatable bonds is 2. The fraction of sp³-hybridized carbons (Fsp3) is 0.250. The average Bonchev–Trinajstić information content (AvgIpc) is 2.65. The summed E-state index contributed by atoms with van der Waals surface area (Å²) in [4.78, 5) is 3.95. The van der Waals surface area contributed by atoms with Crippen LogP contribution in [0.3, 0.4) is 0 Å². The molecule has 3 heteroatoms. The fourth-order valence-corrected chi connectivity index (χ4v) is 1.47. The normalized spacial score (nSPS) is 12.7. The lowest BCUT2D eigenvalue weighted by Gasteiger charge is -2.08. The van der Waals surface area contributed by atoms with Crippen molar-refractivity contribution in [3.63, 3.8) is 0 Å². The largest absolute Gasteiger partial charge is 0.445 e. The van der Waals surface area contributed by atoms with Crippen LogP contribution in [-0.4, -0.2) is 10.1 Å². The van der Waals surface area contributed by atoms with Gasteiger partial charge in [0.25, 0.3) is 0 Å². The molecular formula is C12H13NO2. The minimum atomic E-state index is -0.729. The molecule has 78 valence electrons. The minimum Gasteiger partial charge on any atom is -0.445 e. The van der Waals surface area contributed by atoms with Crippen LogP contribution >= 0.6 is 0 Å². The van der Waals surface area contributed by atoms with Gasteiger partial charge in [-0.1, -0.05) is 29.8 Å². The molecule has 1 atom stereocenters. The van der Waals surface area contributed by atoms with Crippen molar-refractivity contribution in [3.05, 3.63) is 53.2 Å². The number of aliphatic hydroxyl groups is 1. The Kier molecular flexibility index (Phi) is 2.56. The summed E-state index contributed by atoms with van der Waals surface area (Å²) >= 11 is 0. The molecule has 3 nitrogen and oxygen atoms in total. The third-order valence-electron chi connectivity index (χ3n) is 2.42. The molecule has 1 aromatic carbocycles. The van der Waals surface area contributed by atoms with Crippen LogP contribution in [0, 0.1) is 13.8 Å². The van der Waals surface area contributed by atoms with Gasteiger partial charge >= 0.3 is 0 Å². The highest BCUT2D eigenvalue weighted by Gasteiger charge is 2.16. The van der Waals surface area contributed by atoms with Gasteiger partial charge in [-0.3, -0.25) is 0 Å². The molecule has 0 saturated carbocycles. The molecule has 0 saturated heterocycles. The monoisotopic (exact) mass is 203 g/mol. The molecule has 2 aromatic rings. The quantitative estimate of drug-likeness (QED) is 0.815.